The Morgan fingerprint density at radius 1 is 0.949 bits per heavy atom. The average molecular weight is 603 g/mol. The zero-order valence-corrected chi connectivity index (χ0v) is 23.7. The monoisotopic (exact) mass is 601 g/mol. The van der Waals surface area contributed by atoms with Crippen molar-refractivity contribution in [2.24, 2.45) is 10.9 Å². The predicted octanol–water partition coefficient (Wildman–Crippen LogP) is 6.28. The van der Waals surface area contributed by atoms with E-state index in [4.69, 9.17) is 16.6 Å². The summed E-state index contributed by atoms with van der Waals surface area (Å²) in [4.78, 5) is 20.2. The molecular formula is C31H29BrClN5O. The van der Waals surface area contributed by atoms with Crippen molar-refractivity contribution >= 4 is 45.0 Å². The maximum atomic E-state index is 13.2. The number of carbonyl (C=O) groups excluding carboxylic acids is 1. The Morgan fingerprint density at radius 3 is 2.38 bits per heavy atom. The van der Waals surface area contributed by atoms with Gasteiger partial charge in [-0.3, -0.25) is 9.79 Å². The van der Waals surface area contributed by atoms with Gasteiger partial charge in [0.25, 0.3) is 5.91 Å². The van der Waals surface area contributed by atoms with Crippen molar-refractivity contribution in [1.29, 1.82) is 0 Å². The van der Waals surface area contributed by atoms with E-state index in [0.717, 1.165) is 64.2 Å². The summed E-state index contributed by atoms with van der Waals surface area (Å²) >= 11 is 10.1. The molecule has 0 saturated carbocycles. The Labute approximate surface area is 242 Å². The lowest BCUT2D eigenvalue weighted by atomic mass is 9.96. The van der Waals surface area contributed by atoms with Crippen molar-refractivity contribution in [2.75, 3.05) is 19.6 Å². The molecule has 0 aromatic heterocycles. The quantitative estimate of drug-likeness (QED) is 0.361. The van der Waals surface area contributed by atoms with Gasteiger partial charge in [-0.25, -0.2) is 5.01 Å². The molecule has 0 bridgehead atoms. The van der Waals surface area contributed by atoms with Gasteiger partial charge >= 0.3 is 0 Å². The van der Waals surface area contributed by atoms with Gasteiger partial charge in [0, 0.05) is 53.8 Å². The zero-order valence-electron chi connectivity index (χ0n) is 21.4. The molecule has 39 heavy (non-hydrogen) atoms. The summed E-state index contributed by atoms with van der Waals surface area (Å²) < 4.78 is 0.997. The van der Waals surface area contributed by atoms with Crippen LogP contribution in [0.15, 0.2) is 101 Å². The molecule has 3 aromatic carbocycles. The number of hydrazine groups is 1. The van der Waals surface area contributed by atoms with Crippen molar-refractivity contribution in [1.82, 2.24) is 20.7 Å². The van der Waals surface area contributed by atoms with E-state index in [-0.39, 0.29) is 12.1 Å². The topological polar surface area (TPSA) is 60.0 Å². The van der Waals surface area contributed by atoms with Gasteiger partial charge in [0.05, 0.1) is 4.48 Å². The molecule has 1 atom stereocenters. The first kappa shape index (κ1) is 25.7. The largest absolute Gasteiger partial charge is 0.359 e. The van der Waals surface area contributed by atoms with Crippen LogP contribution in [0.2, 0.25) is 5.02 Å². The SMILES string of the molecule is O=C(c1ccc(-c2ccccc2)cc1)N1CCC(CN=C2C=C(c3ccccc3Cl)NC3C(Br)=CNN23)CC1. The van der Waals surface area contributed by atoms with Crippen LogP contribution in [0.4, 0.5) is 0 Å². The van der Waals surface area contributed by atoms with E-state index in [1.54, 1.807) is 0 Å². The fourth-order valence-corrected chi connectivity index (χ4v) is 5.90. The summed E-state index contributed by atoms with van der Waals surface area (Å²) in [7, 11) is 0. The minimum absolute atomic E-state index is 0.0900. The molecule has 8 heteroatoms. The van der Waals surface area contributed by atoms with Crippen LogP contribution in [0, 0.1) is 5.92 Å². The third kappa shape index (κ3) is 5.47. The Hall–Kier alpha value is -3.55. The number of halogens is 2. The van der Waals surface area contributed by atoms with Crippen molar-refractivity contribution < 1.29 is 4.79 Å². The number of hydrogen-bond donors (Lipinski definition) is 2. The normalized spacial score (nSPS) is 20.2. The van der Waals surface area contributed by atoms with Crippen LogP contribution in [-0.2, 0) is 0 Å². The van der Waals surface area contributed by atoms with E-state index in [1.165, 1.54) is 0 Å². The molecular weight excluding hydrogens is 574 g/mol. The van der Waals surface area contributed by atoms with Gasteiger partial charge < -0.3 is 15.6 Å². The Balaban J connectivity index is 1.10. The predicted molar refractivity (Wildman–Crippen MR) is 161 cm³/mol. The van der Waals surface area contributed by atoms with E-state index < -0.39 is 0 Å². The first-order chi connectivity index (χ1) is 19.1. The molecule has 0 spiro atoms. The molecule has 1 amide bonds. The van der Waals surface area contributed by atoms with Gasteiger partial charge in [0.1, 0.15) is 5.84 Å². The van der Waals surface area contributed by atoms with Gasteiger partial charge in [0.2, 0.25) is 0 Å². The molecule has 0 aliphatic carbocycles. The van der Waals surface area contributed by atoms with E-state index in [9.17, 15) is 4.79 Å². The molecule has 0 radical (unpaired) electrons. The Bertz CT molecular complexity index is 1450. The number of benzene rings is 3. The molecule has 1 unspecified atom stereocenters. The summed E-state index contributed by atoms with van der Waals surface area (Å²) in [6, 6.07) is 26.0. The number of piperidine rings is 1. The first-order valence-electron chi connectivity index (χ1n) is 13.2. The number of hydrogen-bond acceptors (Lipinski definition) is 4. The second kappa shape index (κ2) is 11.3. The van der Waals surface area contributed by atoms with Crippen molar-refractivity contribution in [2.45, 2.75) is 19.0 Å². The summed E-state index contributed by atoms with van der Waals surface area (Å²) in [6.07, 6.45) is 5.74. The van der Waals surface area contributed by atoms with Crippen LogP contribution in [0.1, 0.15) is 28.8 Å². The average Bonchev–Trinajstić information content (AvgIpc) is 3.37. The number of amidine groups is 1. The maximum Gasteiger partial charge on any atom is 0.253 e. The van der Waals surface area contributed by atoms with Crippen molar-refractivity contribution in [3.8, 4) is 11.1 Å². The molecule has 6 rings (SSSR count). The van der Waals surface area contributed by atoms with Crippen LogP contribution in [0.5, 0.6) is 0 Å². The fourth-order valence-electron chi connectivity index (χ4n) is 5.24. The number of likely N-dealkylation sites (tertiary alicyclic amines) is 1. The van der Waals surface area contributed by atoms with Gasteiger partial charge in [-0.2, -0.15) is 0 Å². The van der Waals surface area contributed by atoms with Gasteiger partial charge in [-0.15, -0.1) is 0 Å². The van der Waals surface area contributed by atoms with Crippen LogP contribution < -0.4 is 10.7 Å². The molecule has 3 aromatic rings. The van der Waals surface area contributed by atoms with Crippen molar-refractivity contribution in [3.05, 3.63) is 112 Å². The second-order valence-electron chi connectivity index (χ2n) is 9.99. The highest BCUT2D eigenvalue weighted by Gasteiger charge is 2.33. The number of fused-ring (bicyclic) bond motifs is 1. The smallest absolute Gasteiger partial charge is 0.253 e. The van der Waals surface area contributed by atoms with Crippen LogP contribution in [-0.4, -0.2) is 47.5 Å². The highest BCUT2D eigenvalue weighted by Crippen LogP contribution is 2.30. The van der Waals surface area contributed by atoms with Crippen LogP contribution in [0.25, 0.3) is 16.8 Å². The number of rotatable bonds is 5. The van der Waals surface area contributed by atoms with E-state index in [1.807, 2.05) is 88.9 Å². The summed E-state index contributed by atoms with van der Waals surface area (Å²) in [5.41, 5.74) is 8.18. The maximum absolute atomic E-state index is 13.2. The lowest BCUT2D eigenvalue weighted by Crippen LogP contribution is -2.52. The van der Waals surface area contributed by atoms with Gasteiger partial charge in [0.15, 0.2) is 6.17 Å². The fraction of sp³-hybridized carbons (Fsp3) is 0.226. The zero-order chi connectivity index (χ0) is 26.8. The second-order valence-corrected chi connectivity index (χ2v) is 11.3. The standard InChI is InChI=1S/C31H29BrClN5O/c32-26-20-35-38-29(18-28(36-30(26)38)25-8-4-5-9-27(25)33)34-19-21-14-16-37(17-15-21)31(39)24-12-10-23(11-13-24)22-6-2-1-3-7-22/h1-13,18,20-21,30,35-36H,14-17,19H2. The Morgan fingerprint density at radius 2 is 1.64 bits per heavy atom. The third-order valence-electron chi connectivity index (χ3n) is 7.49. The number of amides is 1. The van der Waals surface area contributed by atoms with Crippen molar-refractivity contribution in [3.63, 3.8) is 0 Å². The minimum Gasteiger partial charge on any atom is -0.359 e. The lowest BCUT2D eigenvalue weighted by Gasteiger charge is -2.35. The number of nitrogens with one attached hydrogen (secondary N) is 2. The molecule has 6 nitrogen and oxygen atoms in total. The van der Waals surface area contributed by atoms with Crippen LogP contribution in [0.3, 0.4) is 0 Å². The molecule has 3 aliphatic rings. The van der Waals surface area contributed by atoms with E-state index >= 15 is 0 Å². The molecule has 3 aliphatic heterocycles. The molecule has 2 N–H and O–H groups in total. The molecule has 1 fully saturated rings. The van der Waals surface area contributed by atoms with E-state index in [2.05, 4.69) is 38.8 Å². The van der Waals surface area contributed by atoms with Crippen LogP contribution >= 0.6 is 27.5 Å². The number of aliphatic imine (C=N–C) groups is 1. The summed E-state index contributed by atoms with van der Waals surface area (Å²) in [5, 5.41) is 6.25. The number of carbonyl (C=O) groups is 1. The highest BCUT2D eigenvalue weighted by atomic mass is 79.9. The third-order valence-corrected chi connectivity index (χ3v) is 8.48. The lowest BCUT2D eigenvalue weighted by molar-refractivity contribution is 0.0693. The molecule has 198 valence electrons. The Kier molecular flexibility index (Phi) is 7.44. The highest BCUT2D eigenvalue weighted by molar-refractivity contribution is 9.11. The summed E-state index contributed by atoms with van der Waals surface area (Å²) in [6.45, 7) is 2.20. The first-order valence-corrected chi connectivity index (χ1v) is 14.4. The minimum atomic E-state index is -0.0900. The molecule has 3 heterocycles. The van der Waals surface area contributed by atoms with E-state index in [0.29, 0.717) is 17.5 Å². The molecule has 1 saturated heterocycles. The van der Waals surface area contributed by atoms with Gasteiger partial charge in [-0.1, -0.05) is 72.3 Å². The van der Waals surface area contributed by atoms with Gasteiger partial charge in [-0.05, 0) is 64.0 Å². The summed E-state index contributed by atoms with van der Waals surface area (Å²) in [5.74, 6) is 1.38. The number of nitrogens with zero attached hydrogens (tertiary/aromatic N) is 3.